The minimum atomic E-state index is 0.540. The number of nitrogens with zero attached hydrogens (tertiary/aromatic N) is 1. The maximum atomic E-state index is 5.94. The summed E-state index contributed by atoms with van der Waals surface area (Å²) in [7, 11) is 0. The van der Waals surface area contributed by atoms with Gasteiger partial charge in [-0.3, -0.25) is 0 Å². The molecule has 0 saturated heterocycles. The van der Waals surface area contributed by atoms with Crippen LogP contribution in [-0.4, -0.2) is 4.98 Å². The zero-order valence-electron chi connectivity index (χ0n) is 8.77. The fourth-order valence-corrected chi connectivity index (χ4v) is 1.94. The van der Waals surface area contributed by atoms with Gasteiger partial charge >= 0.3 is 0 Å². The molecule has 0 aliphatic rings. The average molecular weight is 251 g/mol. The summed E-state index contributed by atoms with van der Waals surface area (Å²) in [5.41, 5.74) is 0.983. The number of nitrogens with one attached hydrogen (secondary N) is 1. The van der Waals surface area contributed by atoms with Crippen molar-refractivity contribution in [2.45, 2.75) is 11.8 Å². The van der Waals surface area contributed by atoms with Gasteiger partial charge < -0.3 is 4.72 Å². The molecule has 2 nitrogen and oxygen atoms in total. The van der Waals surface area contributed by atoms with Gasteiger partial charge in [-0.2, -0.15) is 0 Å². The molecule has 2 rings (SSSR count). The van der Waals surface area contributed by atoms with Gasteiger partial charge in [0.2, 0.25) is 0 Å². The molecule has 82 valence electrons. The molecule has 2 aromatic rings. The Morgan fingerprint density at radius 1 is 1.12 bits per heavy atom. The lowest BCUT2D eigenvalue weighted by atomic mass is 10.3. The first-order valence-electron chi connectivity index (χ1n) is 4.87. The van der Waals surface area contributed by atoms with Crippen molar-refractivity contribution in [1.29, 1.82) is 0 Å². The summed E-state index contributed by atoms with van der Waals surface area (Å²) < 4.78 is 3.15. The zero-order chi connectivity index (χ0) is 11.4. The summed E-state index contributed by atoms with van der Waals surface area (Å²) >= 11 is 7.45. The van der Waals surface area contributed by atoms with Gasteiger partial charge in [0, 0.05) is 4.90 Å². The van der Waals surface area contributed by atoms with E-state index in [1.54, 1.807) is 0 Å². The van der Waals surface area contributed by atoms with Crippen LogP contribution in [0.25, 0.3) is 0 Å². The van der Waals surface area contributed by atoms with E-state index in [9.17, 15) is 0 Å². The Labute approximate surface area is 104 Å². The number of aryl methyl sites for hydroxylation is 1. The third-order valence-electron chi connectivity index (χ3n) is 2.05. The highest BCUT2D eigenvalue weighted by Crippen LogP contribution is 2.21. The second-order valence-electron chi connectivity index (χ2n) is 3.32. The largest absolute Gasteiger partial charge is 0.310 e. The van der Waals surface area contributed by atoms with E-state index in [1.807, 2.05) is 49.4 Å². The van der Waals surface area contributed by atoms with Crippen molar-refractivity contribution < 1.29 is 0 Å². The number of pyridine rings is 1. The van der Waals surface area contributed by atoms with Gasteiger partial charge in [-0.05, 0) is 42.6 Å². The summed E-state index contributed by atoms with van der Waals surface area (Å²) in [4.78, 5) is 5.36. The Kier molecular flexibility index (Phi) is 3.70. The maximum Gasteiger partial charge on any atom is 0.137 e. The number of aromatic nitrogens is 1. The van der Waals surface area contributed by atoms with Crippen LogP contribution in [0.2, 0.25) is 5.15 Å². The molecule has 0 amide bonds. The van der Waals surface area contributed by atoms with E-state index in [1.165, 1.54) is 11.9 Å². The van der Waals surface area contributed by atoms with E-state index in [4.69, 9.17) is 11.6 Å². The van der Waals surface area contributed by atoms with Crippen LogP contribution in [0.4, 0.5) is 5.82 Å². The Morgan fingerprint density at radius 2 is 1.88 bits per heavy atom. The second-order valence-corrected chi connectivity index (χ2v) is 4.56. The molecular formula is C12H11ClN2S. The van der Waals surface area contributed by atoms with Crippen molar-refractivity contribution >= 4 is 29.4 Å². The van der Waals surface area contributed by atoms with Crippen LogP contribution in [0.3, 0.4) is 0 Å². The third-order valence-corrected chi connectivity index (χ3v) is 3.25. The first-order valence-corrected chi connectivity index (χ1v) is 6.06. The standard InChI is InChI=1S/C12H11ClN2S/c1-9-7-8-11(14-12(9)13)15-16-10-5-3-2-4-6-10/h2-8H,1H3,(H,14,15). The molecule has 1 aromatic carbocycles. The van der Waals surface area contributed by atoms with Crippen LogP contribution >= 0.6 is 23.5 Å². The Balaban J connectivity index is 2.03. The number of hydrogen-bond acceptors (Lipinski definition) is 3. The number of anilines is 1. The molecule has 0 spiro atoms. The molecule has 4 heteroatoms. The van der Waals surface area contributed by atoms with Crippen molar-refractivity contribution in [3.8, 4) is 0 Å². The highest BCUT2D eigenvalue weighted by atomic mass is 35.5. The second kappa shape index (κ2) is 5.23. The van der Waals surface area contributed by atoms with E-state index in [2.05, 4.69) is 9.71 Å². The van der Waals surface area contributed by atoms with Crippen molar-refractivity contribution in [3.63, 3.8) is 0 Å². The van der Waals surface area contributed by atoms with Crippen molar-refractivity contribution in [3.05, 3.63) is 53.2 Å². The lowest BCUT2D eigenvalue weighted by Crippen LogP contribution is -1.91. The number of halogens is 1. The fraction of sp³-hybridized carbons (Fsp3) is 0.0833. The molecule has 0 aliphatic heterocycles. The monoisotopic (exact) mass is 250 g/mol. The van der Waals surface area contributed by atoms with Crippen LogP contribution in [0.15, 0.2) is 47.4 Å². The van der Waals surface area contributed by atoms with Crippen molar-refractivity contribution in [2.24, 2.45) is 0 Å². The van der Waals surface area contributed by atoms with Gasteiger partial charge in [0.1, 0.15) is 11.0 Å². The molecule has 0 bridgehead atoms. The molecule has 0 unspecified atom stereocenters. The molecular weight excluding hydrogens is 240 g/mol. The molecule has 1 heterocycles. The van der Waals surface area contributed by atoms with Gasteiger partial charge in [-0.1, -0.05) is 35.9 Å². The van der Waals surface area contributed by atoms with Gasteiger partial charge in [-0.15, -0.1) is 0 Å². The average Bonchev–Trinajstić information content (AvgIpc) is 2.32. The number of benzene rings is 1. The maximum absolute atomic E-state index is 5.94. The van der Waals surface area contributed by atoms with Crippen LogP contribution in [-0.2, 0) is 0 Å². The predicted molar refractivity (Wildman–Crippen MR) is 69.9 cm³/mol. The third kappa shape index (κ3) is 2.90. The van der Waals surface area contributed by atoms with Crippen LogP contribution in [0, 0.1) is 6.92 Å². The topological polar surface area (TPSA) is 24.9 Å². The minimum absolute atomic E-state index is 0.540. The van der Waals surface area contributed by atoms with Crippen LogP contribution < -0.4 is 4.72 Å². The summed E-state index contributed by atoms with van der Waals surface area (Å²) in [5, 5.41) is 0.540. The summed E-state index contributed by atoms with van der Waals surface area (Å²) in [6.45, 7) is 1.93. The van der Waals surface area contributed by atoms with Gasteiger partial charge in [-0.25, -0.2) is 4.98 Å². The number of hydrogen-bond donors (Lipinski definition) is 1. The predicted octanol–water partition coefficient (Wildman–Crippen LogP) is 4.16. The van der Waals surface area contributed by atoms with Gasteiger partial charge in [0.05, 0.1) is 0 Å². The summed E-state index contributed by atoms with van der Waals surface area (Å²) in [6.07, 6.45) is 0. The zero-order valence-corrected chi connectivity index (χ0v) is 10.3. The van der Waals surface area contributed by atoms with Crippen LogP contribution in [0.1, 0.15) is 5.56 Å². The van der Waals surface area contributed by atoms with Gasteiger partial charge in [0.15, 0.2) is 0 Å². The van der Waals surface area contributed by atoms with E-state index in [-0.39, 0.29) is 0 Å². The fourth-order valence-electron chi connectivity index (χ4n) is 1.16. The highest BCUT2D eigenvalue weighted by molar-refractivity contribution is 8.00. The molecule has 0 aliphatic carbocycles. The van der Waals surface area contributed by atoms with Crippen molar-refractivity contribution in [1.82, 2.24) is 4.98 Å². The smallest absolute Gasteiger partial charge is 0.137 e. The molecule has 0 radical (unpaired) electrons. The SMILES string of the molecule is Cc1ccc(NSc2ccccc2)nc1Cl. The van der Waals surface area contributed by atoms with E-state index in [0.29, 0.717) is 5.15 Å². The van der Waals surface area contributed by atoms with E-state index < -0.39 is 0 Å². The molecule has 1 N–H and O–H groups in total. The Bertz CT molecular complexity index is 474. The highest BCUT2D eigenvalue weighted by Gasteiger charge is 1.99. The number of rotatable bonds is 3. The molecule has 1 aromatic heterocycles. The van der Waals surface area contributed by atoms with Gasteiger partial charge in [0.25, 0.3) is 0 Å². The van der Waals surface area contributed by atoms with Crippen LogP contribution in [0.5, 0.6) is 0 Å². The molecule has 0 fully saturated rings. The minimum Gasteiger partial charge on any atom is -0.310 e. The molecule has 0 saturated carbocycles. The molecule has 0 atom stereocenters. The summed E-state index contributed by atoms with van der Waals surface area (Å²) in [6, 6.07) is 13.9. The van der Waals surface area contributed by atoms with E-state index >= 15 is 0 Å². The van der Waals surface area contributed by atoms with Crippen molar-refractivity contribution in [2.75, 3.05) is 4.72 Å². The van der Waals surface area contributed by atoms with E-state index in [0.717, 1.165) is 16.3 Å². The normalized spacial score (nSPS) is 10.1. The Morgan fingerprint density at radius 3 is 2.56 bits per heavy atom. The Hall–Kier alpha value is -1.19. The quantitative estimate of drug-likeness (QED) is 0.654. The summed E-state index contributed by atoms with van der Waals surface area (Å²) in [5.74, 6) is 0.768. The lowest BCUT2D eigenvalue weighted by Gasteiger charge is -2.05. The lowest BCUT2D eigenvalue weighted by molar-refractivity contribution is 1.27. The first kappa shape index (κ1) is 11.3. The molecule has 16 heavy (non-hydrogen) atoms. The first-order chi connectivity index (χ1) is 7.75.